The monoisotopic (exact) mass is 413 g/mol. The topological polar surface area (TPSA) is 92.6 Å². The van der Waals surface area contributed by atoms with Gasteiger partial charge in [0.2, 0.25) is 5.91 Å². The molecule has 1 aromatic carbocycles. The van der Waals surface area contributed by atoms with Gasteiger partial charge in [-0.3, -0.25) is 14.7 Å². The van der Waals surface area contributed by atoms with Gasteiger partial charge in [0, 0.05) is 24.2 Å². The molecule has 1 N–H and O–H groups in total. The molecule has 1 amide bonds. The maximum atomic E-state index is 12.7. The quantitative estimate of drug-likeness (QED) is 0.647. The van der Waals surface area contributed by atoms with Crippen molar-refractivity contribution in [1.82, 2.24) is 24.5 Å². The van der Waals surface area contributed by atoms with Crippen molar-refractivity contribution in [3.05, 3.63) is 40.7 Å². The van der Waals surface area contributed by atoms with Crippen molar-refractivity contribution in [3.63, 3.8) is 0 Å². The van der Waals surface area contributed by atoms with Crippen LogP contribution in [0.4, 0.5) is 0 Å². The van der Waals surface area contributed by atoms with Gasteiger partial charge >= 0.3 is 0 Å². The third-order valence-corrected chi connectivity index (χ3v) is 6.04. The Morgan fingerprint density at radius 2 is 2.07 bits per heavy atom. The van der Waals surface area contributed by atoms with Gasteiger partial charge in [-0.1, -0.05) is 11.8 Å². The highest BCUT2D eigenvalue weighted by molar-refractivity contribution is 7.99. The van der Waals surface area contributed by atoms with E-state index < -0.39 is 0 Å². The number of amides is 1. The minimum Gasteiger partial charge on any atom is -0.497 e. The number of likely N-dealkylation sites (tertiary alicyclic amines) is 1. The van der Waals surface area contributed by atoms with Crippen molar-refractivity contribution in [1.29, 1.82) is 0 Å². The van der Waals surface area contributed by atoms with E-state index in [0.717, 1.165) is 30.7 Å². The first-order valence-corrected chi connectivity index (χ1v) is 10.6. The molecule has 152 valence electrons. The lowest BCUT2D eigenvalue weighted by Crippen LogP contribution is -2.43. The summed E-state index contributed by atoms with van der Waals surface area (Å²) in [5, 5.41) is 3.24. The largest absolute Gasteiger partial charge is 0.497 e. The van der Waals surface area contributed by atoms with Gasteiger partial charge in [0.05, 0.1) is 12.9 Å². The Labute approximate surface area is 172 Å². The number of benzene rings is 1. The molecule has 0 saturated carbocycles. The number of hydrogen-bond donors (Lipinski definition) is 1. The van der Waals surface area contributed by atoms with E-state index in [9.17, 15) is 9.59 Å². The summed E-state index contributed by atoms with van der Waals surface area (Å²) < 4.78 is 6.73. The molecule has 0 radical (unpaired) electrons. The number of rotatable bonds is 5. The van der Waals surface area contributed by atoms with Crippen LogP contribution in [0.15, 0.2) is 40.3 Å². The number of fused-ring (bicyclic) bond motifs is 1. The first-order chi connectivity index (χ1) is 14.0. The lowest BCUT2D eigenvalue weighted by molar-refractivity contribution is -0.131. The summed E-state index contributed by atoms with van der Waals surface area (Å²) in [5.74, 6) is 1.59. The molecule has 1 aliphatic rings. The Hall–Kier alpha value is -2.81. The van der Waals surface area contributed by atoms with Crippen LogP contribution in [0.2, 0.25) is 0 Å². The van der Waals surface area contributed by atoms with Crippen LogP contribution < -0.4 is 10.3 Å². The Balaban J connectivity index is 1.62. The van der Waals surface area contributed by atoms with Crippen LogP contribution in [0.1, 0.15) is 26.2 Å². The summed E-state index contributed by atoms with van der Waals surface area (Å²) in [4.78, 5) is 35.6. The van der Waals surface area contributed by atoms with E-state index in [4.69, 9.17) is 4.74 Å². The Morgan fingerprint density at radius 1 is 1.28 bits per heavy atom. The standard InChI is InChI=1S/C20H23N5O3S/c1-13-5-3-4-10-24(13)18(27)12-29-20-22-19(14-6-8-15(28-2)9-7-14)21-16-11-17(26)23-25(16)20/h6-9,11,13H,3-5,10,12H2,1-2H3,(H,23,26)/t13-/m1/s1. The van der Waals surface area contributed by atoms with E-state index >= 15 is 0 Å². The van der Waals surface area contributed by atoms with Gasteiger partial charge in [-0.2, -0.15) is 0 Å². The number of nitrogens with zero attached hydrogens (tertiary/aromatic N) is 4. The SMILES string of the molecule is COc1ccc(-c2nc(SCC(=O)N3CCCC[C@H]3C)n3[nH]c(=O)cc3n2)cc1. The molecule has 1 saturated heterocycles. The smallest absolute Gasteiger partial charge is 0.266 e. The van der Waals surface area contributed by atoms with Crippen LogP contribution in [0.5, 0.6) is 5.75 Å². The van der Waals surface area contributed by atoms with Gasteiger partial charge < -0.3 is 9.64 Å². The Kier molecular flexibility index (Phi) is 5.57. The zero-order valence-electron chi connectivity index (χ0n) is 16.4. The number of thioether (sulfide) groups is 1. The van der Waals surface area contributed by atoms with Crippen LogP contribution in [0.3, 0.4) is 0 Å². The summed E-state index contributed by atoms with van der Waals surface area (Å²) in [7, 11) is 1.61. The van der Waals surface area contributed by atoms with Gasteiger partial charge in [-0.25, -0.2) is 14.5 Å². The second-order valence-corrected chi connectivity index (χ2v) is 8.04. The Morgan fingerprint density at radius 3 is 2.79 bits per heavy atom. The van der Waals surface area contributed by atoms with Crippen molar-refractivity contribution < 1.29 is 9.53 Å². The molecule has 1 fully saturated rings. The average Bonchev–Trinajstić information content (AvgIpc) is 3.12. The number of hydrogen-bond acceptors (Lipinski definition) is 6. The molecule has 0 aliphatic carbocycles. The first-order valence-electron chi connectivity index (χ1n) is 9.61. The predicted octanol–water partition coefficient (Wildman–Crippen LogP) is 2.59. The van der Waals surface area contributed by atoms with E-state index in [2.05, 4.69) is 22.0 Å². The van der Waals surface area contributed by atoms with Gasteiger partial charge in [0.1, 0.15) is 5.75 Å². The number of aromatic nitrogens is 4. The van der Waals surface area contributed by atoms with Gasteiger partial charge in [-0.15, -0.1) is 0 Å². The maximum absolute atomic E-state index is 12.7. The molecule has 9 heteroatoms. The zero-order valence-corrected chi connectivity index (χ0v) is 17.2. The minimum atomic E-state index is -0.260. The number of H-pyrrole nitrogens is 1. The van der Waals surface area contributed by atoms with Crippen molar-refractivity contribution in [2.24, 2.45) is 0 Å². The zero-order chi connectivity index (χ0) is 20.4. The average molecular weight is 414 g/mol. The van der Waals surface area contributed by atoms with Crippen molar-refractivity contribution in [3.8, 4) is 17.1 Å². The fraction of sp³-hybridized carbons (Fsp3) is 0.400. The number of carbonyl (C=O) groups excluding carboxylic acids is 1. The number of nitrogens with one attached hydrogen (secondary N) is 1. The van der Waals surface area contributed by atoms with E-state index in [1.54, 1.807) is 7.11 Å². The first kappa shape index (κ1) is 19.5. The van der Waals surface area contributed by atoms with Gasteiger partial charge in [0.15, 0.2) is 16.6 Å². The Bertz CT molecular complexity index is 1080. The number of piperidine rings is 1. The van der Waals surface area contributed by atoms with E-state index in [-0.39, 0.29) is 23.3 Å². The molecule has 1 atom stereocenters. The maximum Gasteiger partial charge on any atom is 0.266 e. The molecule has 3 aromatic rings. The summed E-state index contributed by atoms with van der Waals surface area (Å²) in [6.07, 6.45) is 3.26. The van der Waals surface area contributed by atoms with E-state index in [1.165, 1.54) is 28.8 Å². The van der Waals surface area contributed by atoms with Crippen molar-refractivity contribution >= 4 is 23.3 Å². The lowest BCUT2D eigenvalue weighted by Gasteiger charge is -2.33. The lowest BCUT2D eigenvalue weighted by atomic mass is 10.0. The molecule has 0 unspecified atom stereocenters. The molecule has 2 aromatic heterocycles. The highest BCUT2D eigenvalue weighted by Crippen LogP contribution is 2.24. The number of methoxy groups -OCH3 is 1. The third kappa shape index (κ3) is 4.14. The number of carbonyl (C=O) groups is 1. The van der Waals surface area contributed by atoms with Crippen LogP contribution in [0, 0.1) is 0 Å². The van der Waals surface area contributed by atoms with Crippen molar-refractivity contribution in [2.75, 3.05) is 19.4 Å². The van der Waals surface area contributed by atoms with Gasteiger partial charge in [0.25, 0.3) is 5.56 Å². The van der Waals surface area contributed by atoms with E-state index in [1.807, 2.05) is 29.2 Å². The summed E-state index contributed by atoms with van der Waals surface area (Å²) >= 11 is 1.31. The normalized spacial score (nSPS) is 16.9. The number of ether oxygens (including phenoxy) is 1. The highest BCUT2D eigenvalue weighted by Gasteiger charge is 2.23. The third-order valence-electron chi connectivity index (χ3n) is 5.12. The molecule has 3 heterocycles. The van der Waals surface area contributed by atoms with Crippen LogP contribution in [-0.2, 0) is 4.79 Å². The predicted molar refractivity (Wildman–Crippen MR) is 111 cm³/mol. The molecule has 1 aliphatic heterocycles. The summed E-state index contributed by atoms with van der Waals surface area (Å²) in [6.45, 7) is 2.90. The highest BCUT2D eigenvalue weighted by atomic mass is 32.2. The van der Waals surface area contributed by atoms with Crippen molar-refractivity contribution in [2.45, 2.75) is 37.4 Å². The summed E-state index contributed by atoms with van der Waals surface area (Å²) in [6, 6.07) is 9.09. The fourth-order valence-electron chi connectivity index (χ4n) is 3.53. The van der Waals surface area contributed by atoms with Gasteiger partial charge in [-0.05, 0) is 50.5 Å². The molecule has 29 heavy (non-hydrogen) atoms. The van der Waals surface area contributed by atoms with Crippen LogP contribution in [0.25, 0.3) is 17.0 Å². The second kappa shape index (κ2) is 8.28. The summed E-state index contributed by atoms with van der Waals surface area (Å²) in [5.41, 5.74) is 1.01. The van der Waals surface area contributed by atoms with E-state index in [0.29, 0.717) is 16.6 Å². The molecular formula is C20H23N5O3S. The van der Waals surface area contributed by atoms with Crippen LogP contribution in [-0.4, -0.2) is 55.8 Å². The molecular weight excluding hydrogens is 390 g/mol. The van der Waals surface area contributed by atoms with Crippen LogP contribution >= 0.6 is 11.8 Å². The fourth-order valence-corrected chi connectivity index (χ4v) is 4.37. The minimum absolute atomic E-state index is 0.0921. The molecule has 4 rings (SSSR count). The second-order valence-electron chi connectivity index (χ2n) is 7.09. The molecule has 8 nitrogen and oxygen atoms in total. The molecule has 0 spiro atoms. The molecule has 0 bridgehead atoms. The number of aromatic amines is 1.